The Labute approximate surface area is 179 Å². The normalized spacial score (nSPS) is 16.5. The number of rotatable bonds is 7. The number of ether oxygens (including phenoxy) is 1. The highest BCUT2D eigenvalue weighted by atomic mass is 32.2. The quantitative estimate of drug-likeness (QED) is 0.707. The first-order valence-electron chi connectivity index (χ1n) is 10.4. The number of anilines is 1. The first-order chi connectivity index (χ1) is 14.4. The van der Waals surface area contributed by atoms with Crippen molar-refractivity contribution >= 4 is 21.6 Å². The van der Waals surface area contributed by atoms with Gasteiger partial charge in [-0.05, 0) is 42.5 Å². The van der Waals surface area contributed by atoms with Crippen LogP contribution in [0, 0.1) is 0 Å². The second-order valence-electron chi connectivity index (χ2n) is 7.74. The molecule has 1 fully saturated rings. The first-order valence-corrected chi connectivity index (χ1v) is 11.9. The number of hydrogen-bond acceptors (Lipinski definition) is 4. The van der Waals surface area contributed by atoms with Crippen molar-refractivity contribution in [2.24, 2.45) is 0 Å². The van der Waals surface area contributed by atoms with Crippen LogP contribution >= 0.6 is 0 Å². The van der Waals surface area contributed by atoms with E-state index in [0.29, 0.717) is 24.5 Å². The monoisotopic (exact) mass is 430 g/mol. The maximum atomic E-state index is 13.1. The zero-order valence-corrected chi connectivity index (χ0v) is 18.5. The number of amides is 1. The Kier molecular flexibility index (Phi) is 7.50. The summed E-state index contributed by atoms with van der Waals surface area (Å²) in [5, 5.41) is 2.84. The van der Waals surface area contributed by atoms with E-state index in [1.807, 2.05) is 37.3 Å². The molecule has 0 aliphatic carbocycles. The molecule has 30 heavy (non-hydrogen) atoms. The fourth-order valence-electron chi connectivity index (χ4n) is 3.76. The number of carbonyl (C=O) groups is 1. The van der Waals surface area contributed by atoms with E-state index < -0.39 is 10.0 Å². The highest BCUT2D eigenvalue weighted by molar-refractivity contribution is 7.89. The molecule has 0 aromatic heterocycles. The van der Waals surface area contributed by atoms with Gasteiger partial charge in [0.15, 0.2) is 0 Å². The van der Waals surface area contributed by atoms with Gasteiger partial charge in [0.2, 0.25) is 15.9 Å². The van der Waals surface area contributed by atoms with Crippen LogP contribution in [0.15, 0.2) is 53.4 Å². The standard InChI is InChI=1S/C23H30N2O4S/c1-18(19-10-6-5-7-11-19)16-23(26)24-21-17-20(12-13-22(21)29-2)30(27,28)25-14-8-3-4-9-15-25/h5-7,10-13,17-18H,3-4,8-9,14-16H2,1-2H3,(H,24,26). The predicted molar refractivity (Wildman–Crippen MR) is 118 cm³/mol. The molecule has 1 heterocycles. The van der Waals surface area contributed by atoms with E-state index >= 15 is 0 Å². The van der Waals surface area contributed by atoms with Crippen LogP contribution in [0.2, 0.25) is 0 Å². The molecule has 1 atom stereocenters. The van der Waals surface area contributed by atoms with E-state index in [9.17, 15) is 13.2 Å². The van der Waals surface area contributed by atoms with E-state index in [2.05, 4.69) is 5.32 Å². The van der Waals surface area contributed by atoms with Crippen LogP contribution in [-0.2, 0) is 14.8 Å². The van der Waals surface area contributed by atoms with Gasteiger partial charge in [0.1, 0.15) is 5.75 Å². The lowest BCUT2D eigenvalue weighted by molar-refractivity contribution is -0.116. The van der Waals surface area contributed by atoms with Gasteiger partial charge in [-0.25, -0.2) is 8.42 Å². The van der Waals surface area contributed by atoms with E-state index in [1.165, 1.54) is 13.2 Å². The Balaban J connectivity index is 1.78. The minimum Gasteiger partial charge on any atom is -0.495 e. The highest BCUT2D eigenvalue weighted by Gasteiger charge is 2.26. The summed E-state index contributed by atoms with van der Waals surface area (Å²) >= 11 is 0. The van der Waals surface area contributed by atoms with Crippen molar-refractivity contribution in [2.75, 3.05) is 25.5 Å². The van der Waals surface area contributed by atoms with Crippen LogP contribution in [-0.4, -0.2) is 38.8 Å². The maximum Gasteiger partial charge on any atom is 0.243 e. The van der Waals surface area contributed by atoms with Crippen molar-refractivity contribution in [1.82, 2.24) is 4.31 Å². The third-order valence-electron chi connectivity index (χ3n) is 5.51. The molecule has 3 rings (SSSR count). The van der Waals surface area contributed by atoms with E-state index in [1.54, 1.807) is 16.4 Å². The van der Waals surface area contributed by atoms with E-state index in [0.717, 1.165) is 31.2 Å². The summed E-state index contributed by atoms with van der Waals surface area (Å²) in [4.78, 5) is 12.8. The summed E-state index contributed by atoms with van der Waals surface area (Å²) in [6, 6.07) is 14.5. The van der Waals surface area contributed by atoms with Crippen molar-refractivity contribution in [1.29, 1.82) is 0 Å². The molecule has 6 nitrogen and oxygen atoms in total. The third-order valence-corrected chi connectivity index (χ3v) is 7.40. The van der Waals surface area contributed by atoms with Crippen molar-refractivity contribution in [3.8, 4) is 5.75 Å². The molecule has 0 bridgehead atoms. The topological polar surface area (TPSA) is 75.7 Å². The largest absolute Gasteiger partial charge is 0.495 e. The lowest BCUT2D eigenvalue weighted by Gasteiger charge is -2.21. The number of sulfonamides is 1. The van der Waals surface area contributed by atoms with Crippen molar-refractivity contribution in [2.45, 2.75) is 49.8 Å². The molecule has 1 unspecified atom stereocenters. The molecule has 7 heteroatoms. The van der Waals surface area contributed by atoms with Crippen LogP contribution in [0.25, 0.3) is 0 Å². The number of hydrogen-bond donors (Lipinski definition) is 1. The van der Waals surface area contributed by atoms with Crippen LogP contribution in [0.4, 0.5) is 5.69 Å². The first kappa shape index (κ1) is 22.3. The zero-order chi connectivity index (χ0) is 21.6. The number of carbonyl (C=O) groups excluding carboxylic acids is 1. The molecule has 1 aliphatic rings. The lowest BCUT2D eigenvalue weighted by atomic mass is 9.97. The number of methoxy groups -OCH3 is 1. The second-order valence-corrected chi connectivity index (χ2v) is 9.68. The second kappa shape index (κ2) is 10.1. The predicted octanol–water partition coefficient (Wildman–Crippen LogP) is 4.39. The van der Waals surface area contributed by atoms with Gasteiger partial charge in [-0.3, -0.25) is 4.79 Å². The fraction of sp³-hybridized carbons (Fsp3) is 0.435. The van der Waals surface area contributed by atoms with Crippen LogP contribution in [0.1, 0.15) is 50.5 Å². The summed E-state index contributed by atoms with van der Waals surface area (Å²) in [6.45, 7) is 3.06. The average molecular weight is 431 g/mol. The molecule has 1 amide bonds. The Hall–Kier alpha value is -2.38. The highest BCUT2D eigenvalue weighted by Crippen LogP contribution is 2.30. The van der Waals surface area contributed by atoms with Gasteiger partial charge in [0.05, 0.1) is 17.7 Å². The average Bonchev–Trinajstić information content (AvgIpc) is 3.04. The number of benzene rings is 2. The van der Waals surface area contributed by atoms with Crippen LogP contribution in [0.5, 0.6) is 5.75 Å². The molecule has 1 aliphatic heterocycles. The molecule has 1 N–H and O–H groups in total. The summed E-state index contributed by atoms with van der Waals surface area (Å²) in [5.41, 5.74) is 1.45. The molecular weight excluding hydrogens is 400 g/mol. The molecule has 162 valence electrons. The van der Waals surface area contributed by atoms with Gasteiger partial charge in [-0.1, -0.05) is 50.1 Å². The van der Waals surface area contributed by atoms with Gasteiger partial charge in [-0.15, -0.1) is 0 Å². The Bertz CT molecular complexity index is 952. The third kappa shape index (κ3) is 5.40. The Morgan fingerprint density at radius 3 is 2.37 bits per heavy atom. The summed E-state index contributed by atoms with van der Waals surface area (Å²) in [5.74, 6) is 0.292. The lowest BCUT2D eigenvalue weighted by Crippen LogP contribution is -2.32. The molecule has 0 spiro atoms. The molecule has 2 aromatic rings. The van der Waals surface area contributed by atoms with Gasteiger partial charge in [0, 0.05) is 19.5 Å². The summed E-state index contributed by atoms with van der Waals surface area (Å²) in [6.07, 6.45) is 4.13. The van der Waals surface area contributed by atoms with Crippen molar-refractivity contribution in [3.05, 3.63) is 54.1 Å². The van der Waals surface area contributed by atoms with Crippen LogP contribution in [0.3, 0.4) is 0 Å². The van der Waals surface area contributed by atoms with Gasteiger partial charge < -0.3 is 10.1 Å². The summed E-state index contributed by atoms with van der Waals surface area (Å²) < 4.78 is 33.1. The molecule has 0 saturated carbocycles. The fourth-order valence-corrected chi connectivity index (χ4v) is 5.30. The minimum absolute atomic E-state index is 0.0428. The smallest absolute Gasteiger partial charge is 0.243 e. The SMILES string of the molecule is COc1ccc(S(=O)(=O)N2CCCCCC2)cc1NC(=O)CC(C)c1ccccc1. The molecule has 0 radical (unpaired) electrons. The minimum atomic E-state index is -3.61. The zero-order valence-electron chi connectivity index (χ0n) is 17.6. The van der Waals surface area contributed by atoms with Crippen molar-refractivity contribution < 1.29 is 17.9 Å². The molecule has 2 aromatic carbocycles. The van der Waals surface area contributed by atoms with Crippen molar-refractivity contribution in [3.63, 3.8) is 0 Å². The van der Waals surface area contributed by atoms with Gasteiger partial charge in [-0.2, -0.15) is 4.31 Å². The van der Waals surface area contributed by atoms with E-state index in [4.69, 9.17) is 4.74 Å². The van der Waals surface area contributed by atoms with E-state index in [-0.39, 0.29) is 23.1 Å². The Morgan fingerprint density at radius 2 is 1.73 bits per heavy atom. The molecular formula is C23H30N2O4S. The van der Waals surface area contributed by atoms with Gasteiger partial charge >= 0.3 is 0 Å². The maximum absolute atomic E-state index is 13.1. The Morgan fingerprint density at radius 1 is 1.07 bits per heavy atom. The van der Waals surface area contributed by atoms with Gasteiger partial charge in [0.25, 0.3) is 0 Å². The number of nitrogens with one attached hydrogen (secondary N) is 1. The van der Waals surface area contributed by atoms with Crippen LogP contribution < -0.4 is 10.1 Å². The molecule has 1 saturated heterocycles. The number of nitrogens with zero attached hydrogens (tertiary/aromatic N) is 1. The summed E-state index contributed by atoms with van der Waals surface area (Å²) in [7, 11) is -2.11.